The Hall–Kier alpha value is -1.18. The van der Waals surface area contributed by atoms with E-state index in [4.69, 9.17) is 19.9 Å². The summed E-state index contributed by atoms with van der Waals surface area (Å²) in [6, 6.07) is -1.45. The van der Waals surface area contributed by atoms with Crippen molar-refractivity contribution in [1.29, 1.82) is 0 Å². The Morgan fingerprint density at radius 1 is 0.963 bits per heavy atom. The number of hydrogen-bond donors (Lipinski definition) is 1. The average molecular weight is 389 g/mol. The number of amides is 1. The fourth-order valence-electron chi connectivity index (χ4n) is 2.77. The lowest BCUT2D eigenvalue weighted by molar-refractivity contribution is -0.172. The highest BCUT2D eigenvalue weighted by Gasteiger charge is 2.37. The highest BCUT2D eigenvalue weighted by Crippen LogP contribution is 2.20. The summed E-state index contributed by atoms with van der Waals surface area (Å²) in [5.74, 6) is -0.286. The van der Waals surface area contributed by atoms with Crippen LogP contribution in [0.25, 0.3) is 0 Å². The summed E-state index contributed by atoms with van der Waals surface area (Å²) in [5, 5.41) is 0. The van der Waals surface area contributed by atoms with Crippen molar-refractivity contribution in [3.63, 3.8) is 0 Å². The van der Waals surface area contributed by atoms with Crippen LogP contribution in [0.4, 0.5) is 0 Å². The highest BCUT2D eigenvalue weighted by molar-refractivity contribution is 5.87. The van der Waals surface area contributed by atoms with Crippen LogP contribution in [-0.4, -0.2) is 61.5 Å². The number of carbonyl (C=O) groups excluding carboxylic acids is 2. The highest BCUT2D eigenvalue weighted by atomic mass is 16.7. The monoisotopic (exact) mass is 388 g/mol. The first-order valence-corrected chi connectivity index (χ1v) is 9.66. The Balaban J connectivity index is 5.80. The van der Waals surface area contributed by atoms with Crippen molar-refractivity contribution in [2.24, 2.45) is 17.6 Å². The molecule has 0 aromatic rings. The van der Waals surface area contributed by atoms with Crippen LogP contribution in [0.1, 0.15) is 61.3 Å². The standard InChI is InChI=1S/C20H40N2O5/c1-13(2)10-15(21)18(23)22(12-17(25-8)26-9)16(11-14(3)4)19(24)27-20(5,6)7/h13-17H,10-12,21H2,1-9H3/t15-,16-/m0/s1. The second-order valence-electron chi connectivity index (χ2n) is 8.81. The van der Waals surface area contributed by atoms with Crippen LogP contribution in [0, 0.1) is 11.8 Å². The van der Waals surface area contributed by atoms with Crippen molar-refractivity contribution in [2.45, 2.75) is 85.3 Å². The van der Waals surface area contributed by atoms with Crippen LogP contribution >= 0.6 is 0 Å². The fraction of sp³-hybridized carbons (Fsp3) is 0.900. The zero-order chi connectivity index (χ0) is 21.4. The number of nitrogens with two attached hydrogens (primary N) is 1. The first-order chi connectivity index (χ1) is 12.3. The minimum Gasteiger partial charge on any atom is -0.458 e. The molecule has 160 valence electrons. The van der Waals surface area contributed by atoms with E-state index in [0.717, 1.165) is 0 Å². The predicted molar refractivity (Wildman–Crippen MR) is 106 cm³/mol. The van der Waals surface area contributed by atoms with E-state index in [1.807, 2.05) is 27.7 Å². The minimum atomic E-state index is -0.747. The largest absolute Gasteiger partial charge is 0.458 e. The third kappa shape index (κ3) is 10.1. The molecule has 0 fully saturated rings. The topological polar surface area (TPSA) is 91.1 Å². The summed E-state index contributed by atoms with van der Waals surface area (Å²) in [6.45, 7) is 13.5. The van der Waals surface area contributed by atoms with Crippen LogP contribution < -0.4 is 5.73 Å². The van der Waals surface area contributed by atoms with Crippen molar-refractivity contribution in [1.82, 2.24) is 4.90 Å². The molecule has 0 aliphatic rings. The van der Waals surface area contributed by atoms with E-state index in [-0.39, 0.29) is 24.3 Å². The molecule has 0 aliphatic carbocycles. The molecule has 1 amide bonds. The lowest BCUT2D eigenvalue weighted by Gasteiger charge is -2.36. The van der Waals surface area contributed by atoms with Crippen molar-refractivity contribution >= 4 is 11.9 Å². The van der Waals surface area contributed by atoms with Crippen LogP contribution in [0.3, 0.4) is 0 Å². The lowest BCUT2D eigenvalue weighted by Crippen LogP contribution is -2.55. The molecule has 0 rings (SSSR count). The molecule has 0 unspecified atom stereocenters. The van der Waals surface area contributed by atoms with E-state index >= 15 is 0 Å². The van der Waals surface area contributed by atoms with Crippen LogP contribution in [-0.2, 0) is 23.8 Å². The number of methoxy groups -OCH3 is 2. The second kappa shape index (κ2) is 11.6. The van der Waals surface area contributed by atoms with Gasteiger partial charge >= 0.3 is 5.97 Å². The van der Waals surface area contributed by atoms with Gasteiger partial charge in [-0.1, -0.05) is 27.7 Å². The molecule has 0 heterocycles. The molecule has 27 heavy (non-hydrogen) atoms. The first-order valence-electron chi connectivity index (χ1n) is 9.66. The van der Waals surface area contributed by atoms with Crippen molar-refractivity contribution in [2.75, 3.05) is 20.8 Å². The zero-order valence-corrected chi connectivity index (χ0v) is 18.6. The van der Waals surface area contributed by atoms with Crippen molar-refractivity contribution in [3.8, 4) is 0 Å². The SMILES string of the molecule is COC(CN(C(=O)[C@@H](N)CC(C)C)[C@@H](CC(C)C)C(=O)OC(C)(C)C)OC. The summed E-state index contributed by atoms with van der Waals surface area (Å²) in [6.07, 6.45) is 0.343. The van der Waals surface area contributed by atoms with Gasteiger partial charge in [-0.25, -0.2) is 4.79 Å². The zero-order valence-electron chi connectivity index (χ0n) is 18.6. The Morgan fingerprint density at radius 3 is 1.81 bits per heavy atom. The summed E-state index contributed by atoms with van der Waals surface area (Å²) in [7, 11) is 2.99. The quantitative estimate of drug-likeness (QED) is 0.432. The summed E-state index contributed by atoms with van der Waals surface area (Å²) < 4.78 is 16.1. The molecule has 0 aliphatic heterocycles. The third-order valence-corrected chi connectivity index (χ3v) is 3.95. The maximum absolute atomic E-state index is 13.1. The maximum atomic E-state index is 13.1. The molecular weight excluding hydrogens is 348 g/mol. The van der Waals surface area contributed by atoms with Crippen molar-refractivity contribution < 1.29 is 23.8 Å². The van der Waals surface area contributed by atoms with E-state index in [1.54, 1.807) is 20.8 Å². The molecule has 2 N–H and O–H groups in total. The summed E-state index contributed by atoms with van der Waals surface area (Å²) >= 11 is 0. The molecule has 0 saturated heterocycles. The smallest absolute Gasteiger partial charge is 0.329 e. The lowest BCUT2D eigenvalue weighted by atomic mass is 9.99. The Morgan fingerprint density at radius 2 is 1.44 bits per heavy atom. The van der Waals surface area contributed by atoms with E-state index in [9.17, 15) is 9.59 Å². The van der Waals surface area contributed by atoms with Gasteiger partial charge in [-0.05, 0) is 45.4 Å². The third-order valence-electron chi connectivity index (χ3n) is 3.95. The number of rotatable bonds is 11. The van der Waals surface area contributed by atoms with E-state index in [0.29, 0.717) is 12.8 Å². The van der Waals surface area contributed by atoms with Gasteiger partial charge in [0.2, 0.25) is 5.91 Å². The molecule has 0 saturated carbocycles. The van der Waals surface area contributed by atoms with Gasteiger partial charge in [-0.15, -0.1) is 0 Å². The normalized spacial score (nSPS) is 14.6. The Kier molecular flexibility index (Phi) is 11.1. The predicted octanol–water partition coefficient (Wildman–Crippen LogP) is 2.56. The average Bonchev–Trinajstić information content (AvgIpc) is 2.51. The van der Waals surface area contributed by atoms with Gasteiger partial charge in [0.05, 0.1) is 12.6 Å². The molecule has 0 radical (unpaired) electrons. The van der Waals surface area contributed by atoms with Gasteiger partial charge in [0.15, 0.2) is 6.29 Å². The summed E-state index contributed by atoms with van der Waals surface area (Å²) in [4.78, 5) is 27.5. The molecule has 0 aromatic carbocycles. The second-order valence-corrected chi connectivity index (χ2v) is 8.81. The summed E-state index contributed by atoms with van der Waals surface area (Å²) in [5.41, 5.74) is 5.50. The Bertz CT molecular complexity index is 456. The molecule has 2 atom stereocenters. The van der Waals surface area contributed by atoms with Gasteiger partial charge < -0.3 is 24.8 Å². The number of carbonyl (C=O) groups is 2. The van der Waals surface area contributed by atoms with Crippen LogP contribution in [0.5, 0.6) is 0 Å². The number of nitrogens with zero attached hydrogens (tertiary/aromatic N) is 1. The van der Waals surface area contributed by atoms with E-state index in [1.165, 1.54) is 19.1 Å². The number of ether oxygens (including phenoxy) is 3. The fourth-order valence-corrected chi connectivity index (χ4v) is 2.77. The molecule has 7 heteroatoms. The van der Waals surface area contributed by atoms with Gasteiger partial charge in [-0.2, -0.15) is 0 Å². The molecular formula is C20H40N2O5. The van der Waals surface area contributed by atoms with Gasteiger partial charge in [0, 0.05) is 14.2 Å². The van der Waals surface area contributed by atoms with Crippen LogP contribution in [0.2, 0.25) is 0 Å². The van der Waals surface area contributed by atoms with Crippen molar-refractivity contribution in [3.05, 3.63) is 0 Å². The molecule has 0 bridgehead atoms. The first kappa shape index (κ1) is 25.8. The van der Waals surface area contributed by atoms with Crippen LogP contribution in [0.15, 0.2) is 0 Å². The molecule has 0 spiro atoms. The Labute approximate surface area is 164 Å². The molecule has 0 aromatic heterocycles. The van der Waals surface area contributed by atoms with Gasteiger partial charge in [0.25, 0.3) is 0 Å². The maximum Gasteiger partial charge on any atom is 0.329 e. The number of hydrogen-bond acceptors (Lipinski definition) is 6. The number of esters is 1. The van der Waals surface area contributed by atoms with Gasteiger partial charge in [-0.3, -0.25) is 4.79 Å². The van der Waals surface area contributed by atoms with E-state index < -0.39 is 29.9 Å². The molecule has 7 nitrogen and oxygen atoms in total. The minimum absolute atomic E-state index is 0.105. The van der Waals surface area contributed by atoms with E-state index in [2.05, 4.69) is 0 Å². The van der Waals surface area contributed by atoms with Gasteiger partial charge in [0.1, 0.15) is 11.6 Å².